The van der Waals surface area contributed by atoms with Crippen molar-refractivity contribution < 1.29 is 23.1 Å². The Morgan fingerprint density at radius 2 is 1.97 bits per heavy atom. The number of methoxy groups -OCH3 is 1. The van der Waals surface area contributed by atoms with E-state index in [-0.39, 0.29) is 17.0 Å². The Balaban J connectivity index is 1.54. The second-order valence-corrected chi connectivity index (χ2v) is 7.81. The Kier molecular flexibility index (Phi) is 5.65. The number of amides is 2. The van der Waals surface area contributed by atoms with Gasteiger partial charge >= 0.3 is 0 Å². The van der Waals surface area contributed by atoms with Gasteiger partial charge in [-0.05, 0) is 48.2 Å². The lowest BCUT2D eigenvalue weighted by Gasteiger charge is -2.12. The van der Waals surface area contributed by atoms with Gasteiger partial charge in [-0.25, -0.2) is 4.39 Å². The molecule has 152 valence electrons. The monoisotopic (exact) mass is 443 g/mol. The average molecular weight is 444 g/mol. The molecule has 0 aliphatic carbocycles. The van der Waals surface area contributed by atoms with Gasteiger partial charge in [0.25, 0.3) is 11.1 Å². The molecule has 1 aromatic heterocycles. The van der Waals surface area contributed by atoms with Crippen LogP contribution in [0.4, 0.5) is 9.18 Å². The predicted octanol–water partition coefficient (Wildman–Crippen LogP) is 5.98. The molecule has 8 heteroatoms. The van der Waals surface area contributed by atoms with Crippen LogP contribution in [0.1, 0.15) is 11.3 Å². The van der Waals surface area contributed by atoms with E-state index in [0.717, 1.165) is 22.2 Å². The van der Waals surface area contributed by atoms with E-state index >= 15 is 0 Å². The molecule has 0 bridgehead atoms. The molecule has 0 unspecified atom stereocenters. The highest BCUT2D eigenvalue weighted by Crippen LogP contribution is 2.35. The number of benzene rings is 2. The van der Waals surface area contributed by atoms with E-state index in [1.807, 2.05) is 0 Å². The van der Waals surface area contributed by atoms with Crippen molar-refractivity contribution in [3.63, 3.8) is 0 Å². The molecule has 3 aromatic rings. The first-order valence-corrected chi connectivity index (χ1v) is 10.1. The smallest absolute Gasteiger partial charge is 0.293 e. The summed E-state index contributed by atoms with van der Waals surface area (Å²) >= 11 is 6.95. The number of thioether (sulfide) groups is 1. The van der Waals surface area contributed by atoms with Crippen molar-refractivity contribution in [2.75, 3.05) is 7.11 Å². The van der Waals surface area contributed by atoms with Crippen molar-refractivity contribution >= 4 is 40.6 Å². The third-order valence-corrected chi connectivity index (χ3v) is 5.70. The molecule has 2 heterocycles. The van der Waals surface area contributed by atoms with Crippen LogP contribution in [-0.2, 0) is 11.3 Å². The van der Waals surface area contributed by atoms with Gasteiger partial charge in [0.1, 0.15) is 23.1 Å². The number of ether oxygens (including phenoxy) is 1. The molecule has 0 saturated carbocycles. The molecule has 1 fully saturated rings. The zero-order valence-electron chi connectivity index (χ0n) is 15.7. The number of furan rings is 1. The van der Waals surface area contributed by atoms with Crippen LogP contribution in [0.3, 0.4) is 0 Å². The Labute approximate surface area is 181 Å². The average Bonchev–Trinajstić information content (AvgIpc) is 3.30. The van der Waals surface area contributed by atoms with Gasteiger partial charge in [0.05, 0.1) is 23.6 Å². The largest absolute Gasteiger partial charge is 0.495 e. The topological polar surface area (TPSA) is 59.8 Å². The molecule has 0 atom stereocenters. The zero-order chi connectivity index (χ0) is 21.3. The lowest BCUT2D eigenvalue weighted by atomic mass is 10.2. The second kappa shape index (κ2) is 8.38. The highest BCUT2D eigenvalue weighted by Gasteiger charge is 2.35. The summed E-state index contributed by atoms with van der Waals surface area (Å²) in [4.78, 5) is 26.2. The van der Waals surface area contributed by atoms with E-state index in [0.29, 0.717) is 22.3 Å². The van der Waals surface area contributed by atoms with Gasteiger partial charge in [-0.1, -0.05) is 29.8 Å². The van der Waals surface area contributed by atoms with Gasteiger partial charge in [-0.15, -0.1) is 0 Å². The van der Waals surface area contributed by atoms with E-state index in [1.54, 1.807) is 48.5 Å². The molecule has 1 aliphatic heterocycles. The van der Waals surface area contributed by atoms with Crippen LogP contribution in [0.15, 0.2) is 63.9 Å². The van der Waals surface area contributed by atoms with E-state index in [2.05, 4.69) is 0 Å². The van der Waals surface area contributed by atoms with Crippen LogP contribution in [0.25, 0.3) is 17.4 Å². The standard InChI is InChI=1S/C22H15ClFNO4S/c1-28-19-8-6-13(10-16(19)23)18-9-7-15(29-18)11-20-21(26)25(22(27)30-20)12-14-4-2-3-5-17(14)24/h2-11H,12H2,1H3/b20-11-. The first-order chi connectivity index (χ1) is 14.5. The third kappa shape index (κ3) is 3.99. The number of hydrogen-bond donors (Lipinski definition) is 0. The summed E-state index contributed by atoms with van der Waals surface area (Å²) in [6, 6.07) is 14.7. The van der Waals surface area contributed by atoms with E-state index in [1.165, 1.54) is 19.3 Å². The fraction of sp³-hybridized carbons (Fsp3) is 0.0909. The molecule has 0 N–H and O–H groups in total. The first kappa shape index (κ1) is 20.3. The lowest BCUT2D eigenvalue weighted by molar-refractivity contribution is -0.123. The van der Waals surface area contributed by atoms with Crippen molar-refractivity contribution in [2.45, 2.75) is 6.54 Å². The van der Waals surface area contributed by atoms with Gasteiger partial charge in [0.15, 0.2) is 0 Å². The summed E-state index contributed by atoms with van der Waals surface area (Å²) in [5.74, 6) is 0.563. The van der Waals surface area contributed by atoms with E-state index in [9.17, 15) is 14.0 Å². The fourth-order valence-corrected chi connectivity index (χ4v) is 4.04. The highest BCUT2D eigenvalue weighted by atomic mass is 35.5. The minimum atomic E-state index is -0.487. The summed E-state index contributed by atoms with van der Waals surface area (Å²) in [6.07, 6.45) is 1.50. The number of carbonyl (C=O) groups excluding carboxylic acids is 2. The molecule has 1 saturated heterocycles. The first-order valence-electron chi connectivity index (χ1n) is 8.89. The van der Waals surface area contributed by atoms with Crippen LogP contribution >= 0.6 is 23.4 Å². The predicted molar refractivity (Wildman–Crippen MR) is 114 cm³/mol. The van der Waals surface area contributed by atoms with Gasteiger partial charge in [-0.3, -0.25) is 14.5 Å². The number of halogens is 2. The van der Waals surface area contributed by atoms with E-state index < -0.39 is 17.0 Å². The van der Waals surface area contributed by atoms with Crippen LogP contribution in [0.2, 0.25) is 5.02 Å². The molecule has 5 nitrogen and oxygen atoms in total. The Morgan fingerprint density at radius 3 is 2.70 bits per heavy atom. The maximum absolute atomic E-state index is 13.9. The molecule has 0 spiro atoms. The maximum Gasteiger partial charge on any atom is 0.293 e. The van der Waals surface area contributed by atoms with Crippen LogP contribution in [-0.4, -0.2) is 23.2 Å². The normalized spacial score (nSPS) is 15.3. The van der Waals surface area contributed by atoms with Crippen LogP contribution in [0, 0.1) is 5.82 Å². The van der Waals surface area contributed by atoms with Crippen molar-refractivity contribution in [3.05, 3.63) is 81.7 Å². The minimum absolute atomic E-state index is 0.123. The van der Waals surface area contributed by atoms with Crippen molar-refractivity contribution in [1.29, 1.82) is 0 Å². The molecule has 4 rings (SSSR count). The highest BCUT2D eigenvalue weighted by molar-refractivity contribution is 8.18. The molecule has 2 aromatic carbocycles. The fourth-order valence-electron chi connectivity index (χ4n) is 2.97. The van der Waals surface area contributed by atoms with Gasteiger partial charge in [0, 0.05) is 17.2 Å². The number of imide groups is 1. The molecule has 1 aliphatic rings. The molecule has 0 radical (unpaired) electrons. The molecule has 30 heavy (non-hydrogen) atoms. The van der Waals surface area contributed by atoms with Gasteiger partial charge in [0.2, 0.25) is 0 Å². The molecular weight excluding hydrogens is 429 g/mol. The third-order valence-electron chi connectivity index (χ3n) is 4.50. The Bertz CT molecular complexity index is 1170. The number of carbonyl (C=O) groups is 2. The Morgan fingerprint density at radius 1 is 1.17 bits per heavy atom. The van der Waals surface area contributed by atoms with Gasteiger partial charge in [-0.2, -0.15) is 0 Å². The van der Waals surface area contributed by atoms with E-state index in [4.69, 9.17) is 20.8 Å². The summed E-state index contributed by atoms with van der Waals surface area (Å²) in [7, 11) is 1.53. The minimum Gasteiger partial charge on any atom is -0.495 e. The lowest BCUT2D eigenvalue weighted by Crippen LogP contribution is -2.27. The number of nitrogens with zero attached hydrogens (tertiary/aromatic N) is 1. The maximum atomic E-state index is 13.9. The van der Waals surface area contributed by atoms with Crippen molar-refractivity contribution in [3.8, 4) is 17.1 Å². The molecular formula is C22H15ClFNO4S. The molecule has 2 amide bonds. The van der Waals surface area contributed by atoms with Crippen LogP contribution in [0.5, 0.6) is 5.75 Å². The quantitative estimate of drug-likeness (QED) is 0.454. The SMILES string of the molecule is COc1ccc(-c2ccc(/C=C3\SC(=O)N(Cc4ccccc4F)C3=O)o2)cc1Cl. The zero-order valence-corrected chi connectivity index (χ0v) is 17.3. The Hall–Kier alpha value is -3.03. The summed E-state index contributed by atoms with van der Waals surface area (Å²) in [6.45, 7) is -0.123. The van der Waals surface area contributed by atoms with Crippen molar-refractivity contribution in [1.82, 2.24) is 4.90 Å². The number of rotatable bonds is 5. The summed E-state index contributed by atoms with van der Waals surface area (Å²) in [5.41, 5.74) is 1.02. The van der Waals surface area contributed by atoms with Crippen molar-refractivity contribution in [2.24, 2.45) is 0 Å². The number of hydrogen-bond acceptors (Lipinski definition) is 5. The van der Waals surface area contributed by atoms with Gasteiger partial charge < -0.3 is 9.15 Å². The summed E-state index contributed by atoms with van der Waals surface area (Å²) in [5, 5.41) is -0.00886. The second-order valence-electron chi connectivity index (χ2n) is 6.41. The summed E-state index contributed by atoms with van der Waals surface area (Å²) < 4.78 is 24.8. The van der Waals surface area contributed by atoms with Crippen LogP contribution < -0.4 is 4.74 Å².